The Bertz CT molecular complexity index is 1330. The van der Waals surface area contributed by atoms with Gasteiger partial charge >= 0.3 is 0 Å². The average Bonchev–Trinajstić information content (AvgIpc) is 2.94. The van der Waals surface area contributed by atoms with Crippen LogP contribution >= 0.6 is 0 Å². The van der Waals surface area contributed by atoms with Crippen molar-refractivity contribution in [3.8, 4) is 5.75 Å². The zero-order chi connectivity index (χ0) is 25.0. The lowest BCUT2D eigenvalue weighted by Crippen LogP contribution is -2.32. The van der Waals surface area contributed by atoms with Crippen molar-refractivity contribution in [3.05, 3.63) is 143 Å². The standard InChI is InChI=1S/C30H25N3O3/c34-29(26-14-8-3-9-15-26)32-28(20-23-10-4-1-5-11-23)30(35)33-31-21-24-16-18-27(19-17-24)36-22-25-12-6-2-7-13-25/h1-21H,22H2,(H,32,34)(H,33,35)/b28-20+,31-21+. The van der Waals surface area contributed by atoms with Gasteiger partial charge in [-0.05, 0) is 59.2 Å². The minimum atomic E-state index is -0.540. The Morgan fingerprint density at radius 2 is 1.33 bits per heavy atom. The molecule has 0 atom stereocenters. The first-order chi connectivity index (χ1) is 17.7. The van der Waals surface area contributed by atoms with Crippen molar-refractivity contribution in [2.75, 3.05) is 0 Å². The van der Waals surface area contributed by atoms with Gasteiger partial charge in [0, 0.05) is 5.56 Å². The molecule has 2 amide bonds. The molecule has 36 heavy (non-hydrogen) atoms. The first-order valence-corrected chi connectivity index (χ1v) is 11.4. The van der Waals surface area contributed by atoms with Crippen molar-refractivity contribution in [3.63, 3.8) is 0 Å². The van der Waals surface area contributed by atoms with Gasteiger partial charge in [0.25, 0.3) is 11.8 Å². The first-order valence-electron chi connectivity index (χ1n) is 11.4. The molecule has 0 unspecified atom stereocenters. The van der Waals surface area contributed by atoms with E-state index in [4.69, 9.17) is 4.74 Å². The number of amides is 2. The summed E-state index contributed by atoms with van der Waals surface area (Å²) in [6.45, 7) is 0.482. The topological polar surface area (TPSA) is 79.8 Å². The second-order valence-corrected chi connectivity index (χ2v) is 7.83. The van der Waals surface area contributed by atoms with E-state index in [0.29, 0.717) is 12.2 Å². The summed E-state index contributed by atoms with van der Waals surface area (Å²) < 4.78 is 5.79. The SMILES string of the molecule is O=C(N/N=C/c1ccc(OCc2ccccc2)cc1)/C(=C\c1ccccc1)NC(=O)c1ccccc1. The predicted molar refractivity (Wildman–Crippen MR) is 141 cm³/mol. The van der Waals surface area contributed by atoms with Gasteiger partial charge in [-0.1, -0.05) is 78.9 Å². The number of rotatable bonds is 9. The Morgan fingerprint density at radius 1 is 0.722 bits per heavy atom. The van der Waals surface area contributed by atoms with Crippen LogP contribution in [0, 0.1) is 0 Å². The van der Waals surface area contributed by atoms with Crippen LogP contribution in [0.3, 0.4) is 0 Å². The highest BCUT2D eigenvalue weighted by Crippen LogP contribution is 2.13. The molecule has 4 rings (SSSR count). The smallest absolute Gasteiger partial charge is 0.287 e. The fourth-order valence-corrected chi connectivity index (χ4v) is 3.28. The number of carbonyl (C=O) groups excluding carboxylic acids is 2. The van der Waals surface area contributed by atoms with E-state index in [2.05, 4.69) is 15.8 Å². The fourth-order valence-electron chi connectivity index (χ4n) is 3.28. The highest BCUT2D eigenvalue weighted by atomic mass is 16.5. The summed E-state index contributed by atoms with van der Waals surface area (Å²) in [4.78, 5) is 25.5. The maximum atomic E-state index is 12.9. The van der Waals surface area contributed by atoms with E-state index in [1.165, 1.54) is 6.21 Å². The van der Waals surface area contributed by atoms with Crippen LogP contribution in [0.15, 0.2) is 126 Å². The average molecular weight is 476 g/mol. The molecule has 0 aliphatic heterocycles. The molecule has 0 aliphatic carbocycles. The lowest BCUT2D eigenvalue weighted by molar-refractivity contribution is -0.117. The number of benzene rings is 4. The number of hydrogen-bond donors (Lipinski definition) is 2. The molecule has 6 nitrogen and oxygen atoms in total. The molecule has 4 aromatic rings. The summed E-state index contributed by atoms with van der Waals surface area (Å²) in [6.07, 6.45) is 3.13. The number of carbonyl (C=O) groups is 2. The normalized spacial score (nSPS) is 11.2. The second-order valence-electron chi connectivity index (χ2n) is 7.83. The Kier molecular flexibility index (Phi) is 8.38. The van der Waals surface area contributed by atoms with Crippen molar-refractivity contribution < 1.29 is 14.3 Å². The Labute approximate surface area is 210 Å². The van der Waals surface area contributed by atoms with E-state index in [9.17, 15) is 9.59 Å². The van der Waals surface area contributed by atoms with Crippen molar-refractivity contribution >= 4 is 24.1 Å². The van der Waals surface area contributed by atoms with Gasteiger partial charge in [-0.15, -0.1) is 0 Å². The quantitative estimate of drug-likeness (QED) is 0.199. The van der Waals surface area contributed by atoms with Crippen LogP contribution in [0.2, 0.25) is 0 Å². The third-order valence-electron chi connectivity index (χ3n) is 5.15. The molecule has 6 heteroatoms. The molecular weight excluding hydrogens is 450 g/mol. The molecule has 0 saturated carbocycles. The maximum absolute atomic E-state index is 12.9. The molecule has 0 heterocycles. The Balaban J connectivity index is 1.39. The lowest BCUT2D eigenvalue weighted by atomic mass is 10.1. The zero-order valence-electron chi connectivity index (χ0n) is 19.5. The van der Waals surface area contributed by atoms with Gasteiger partial charge in [0.05, 0.1) is 6.21 Å². The molecule has 0 fully saturated rings. The van der Waals surface area contributed by atoms with Crippen molar-refractivity contribution in [1.29, 1.82) is 0 Å². The predicted octanol–water partition coefficient (Wildman–Crippen LogP) is 5.19. The zero-order valence-corrected chi connectivity index (χ0v) is 19.5. The fraction of sp³-hybridized carbons (Fsp3) is 0.0333. The number of hydrogen-bond acceptors (Lipinski definition) is 4. The van der Waals surface area contributed by atoms with Crippen molar-refractivity contribution in [1.82, 2.24) is 10.7 Å². The summed E-state index contributed by atoms with van der Waals surface area (Å²) in [5.74, 6) is -0.193. The van der Waals surface area contributed by atoms with Crippen LogP contribution in [0.5, 0.6) is 5.75 Å². The van der Waals surface area contributed by atoms with Gasteiger partial charge < -0.3 is 10.1 Å². The van der Waals surface area contributed by atoms with Gasteiger partial charge in [-0.2, -0.15) is 5.10 Å². The minimum absolute atomic E-state index is 0.0804. The van der Waals surface area contributed by atoms with Gasteiger partial charge in [-0.3, -0.25) is 9.59 Å². The second kappa shape index (κ2) is 12.5. The summed E-state index contributed by atoms with van der Waals surface area (Å²) in [5, 5.41) is 6.73. The summed E-state index contributed by atoms with van der Waals surface area (Å²) >= 11 is 0. The van der Waals surface area contributed by atoms with Crippen LogP contribution in [0.4, 0.5) is 0 Å². The van der Waals surface area contributed by atoms with Crippen molar-refractivity contribution in [2.24, 2.45) is 5.10 Å². The Morgan fingerprint density at radius 3 is 2.00 bits per heavy atom. The monoisotopic (exact) mass is 475 g/mol. The number of hydrazone groups is 1. The third-order valence-corrected chi connectivity index (χ3v) is 5.15. The van der Waals surface area contributed by atoms with E-state index < -0.39 is 5.91 Å². The van der Waals surface area contributed by atoms with Gasteiger partial charge in [0.1, 0.15) is 18.1 Å². The van der Waals surface area contributed by atoms with Gasteiger partial charge in [0.15, 0.2) is 0 Å². The maximum Gasteiger partial charge on any atom is 0.287 e. The number of nitrogens with one attached hydrogen (secondary N) is 2. The van der Waals surface area contributed by atoms with E-state index in [1.54, 1.807) is 30.3 Å². The largest absolute Gasteiger partial charge is 0.489 e. The van der Waals surface area contributed by atoms with Crippen LogP contribution in [-0.4, -0.2) is 18.0 Å². The molecule has 0 bridgehead atoms. The van der Waals surface area contributed by atoms with Crippen LogP contribution in [0.25, 0.3) is 6.08 Å². The molecule has 0 aliphatic rings. The lowest BCUT2D eigenvalue weighted by Gasteiger charge is -2.09. The number of nitrogens with zero attached hydrogens (tertiary/aromatic N) is 1. The van der Waals surface area contributed by atoms with E-state index in [-0.39, 0.29) is 11.6 Å². The van der Waals surface area contributed by atoms with E-state index in [1.807, 2.05) is 91.0 Å². The van der Waals surface area contributed by atoms with Crippen LogP contribution < -0.4 is 15.5 Å². The molecule has 0 radical (unpaired) electrons. The van der Waals surface area contributed by atoms with Gasteiger partial charge in [0.2, 0.25) is 0 Å². The van der Waals surface area contributed by atoms with Crippen LogP contribution in [-0.2, 0) is 11.4 Å². The minimum Gasteiger partial charge on any atom is -0.489 e. The summed E-state index contributed by atoms with van der Waals surface area (Å²) in [6, 6.07) is 35.3. The molecule has 4 aromatic carbocycles. The molecular formula is C30H25N3O3. The Hall–Kier alpha value is -4.97. The number of ether oxygens (including phenoxy) is 1. The van der Waals surface area contributed by atoms with E-state index >= 15 is 0 Å². The van der Waals surface area contributed by atoms with Gasteiger partial charge in [-0.25, -0.2) is 5.43 Å². The summed E-state index contributed by atoms with van der Waals surface area (Å²) in [5.41, 5.74) is 5.65. The van der Waals surface area contributed by atoms with Crippen molar-refractivity contribution in [2.45, 2.75) is 6.61 Å². The molecule has 0 spiro atoms. The van der Waals surface area contributed by atoms with Crippen LogP contribution in [0.1, 0.15) is 27.0 Å². The van der Waals surface area contributed by atoms with E-state index in [0.717, 1.165) is 22.4 Å². The molecule has 0 saturated heterocycles. The summed E-state index contributed by atoms with van der Waals surface area (Å²) in [7, 11) is 0. The molecule has 178 valence electrons. The molecule has 2 N–H and O–H groups in total. The highest BCUT2D eigenvalue weighted by Gasteiger charge is 2.14. The third kappa shape index (κ3) is 7.27. The first kappa shape index (κ1) is 24.2. The highest BCUT2D eigenvalue weighted by molar-refractivity contribution is 6.05. The molecule has 0 aromatic heterocycles.